The molecule has 1 aliphatic heterocycles. The van der Waals surface area contributed by atoms with Crippen molar-refractivity contribution in [2.75, 3.05) is 26.3 Å². The number of rotatable bonds is 5. The maximum absolute atomic E-state index is 12.4. The predicted octanol–water partition coefficient (Wildman–Crippen LogP) is 0.420. The van der Waals surface area contributed by atoms with E-state index in [4.69, 9.17) is 4.74 Å². The quantitative estimate of drug-likeness (QED) is 0.853. The van der Waals surface area contributed by atoms with Crippen molar-refractivity contribution in [2.45, 2.75) is 44.7 Å². The number of hydrogen-bond acceptors (Lipinski definition) is 5. The van der Waals surface area contributed by atoms with Crippen LogP contribution in [0.5, 0.6) is 0 Å². The van der Waals surface area contributed by atoms with Crippen LogP contribution in [0.1, 0.15) is 43.8 Å². The highest BCUT2D eigenvalue weighted by molar-refractivity contribution is 5.81. The van der Waals surface area contributed by atoms with E-state index in [0.29, 0.717) is 25.7 Å². The van der Waals surface area contributed by atoms with E-state index in [0.717, 1.165) is 24.7 Å². The van der Waals surface area contributed by atoms with Crippen LogP contribution in [0.4, 0.5) is 0 Å². The van der Waals surface area contributed by atoms with E-state index >= 15 is 0 Å². The Morgan fingerprint density at radius 1 is 1.41 bits per heavy atom. The Morgan fingerprint density at radius 2 is 2.23 bits per heavy atom. The summed E-state index contributed by atoms with van der Waals surface area (Å²) in [6.07, 6.45) is 3.67. The number of nitrogens with one attached hydrogen (secondary N) is 1. The first-order chi connectivity index (χ1) is 10.7. The molecule has 1 aliphatic carbocycles. The maximum Gasteiger partial charge on any atom is 0.240 e. The van der Waals surface area contributed by atoms with E-state index in [1.165, 1.54) is 19.3 Å². The summed E-state index contributed by atoms with van der Waals surface area (Å²) in [4.78, 5) is 14.5. The minimum absolute atomic E-state index is 0.00902. The molecular weight excluding hydrogens is 282 g/mol. The van der Waals surface area contributed by atoms with Gasteiger partial charge >= 0.3 is 0 Å². The molecule has 1 saturated heterocycles. The van der Waals surface area contributed by atoms with Crippen LogP contribution in [0.3, 0.4) is 0 Å². The second kappa shape index (κ2) is 6.75. The van der Waals surface area contributed by atoms with Crippen molar-refractivity contribution in [1.82, 2.24) is 25.0 Å². The molecule has 7 nitrogen and oxygen atoms in total. The van der Waals surface area contributed by atoms with Gasteiger partial charge in [0.1, 0.15) is 11.9 Å². The normalized spacial score (nSPS) is 23.3. The minimum Gasteiger partial charge on any atom is -0.378 e. The molecule has 1 aromatic rings. The van der Waals surface area contributed by atoms with Gasteiger partial charge in [-0.3, -0.25) is 9.69 Å². The summed E-state index contributed by atoms with van der Waals surface area (Å²) >= 11 is 0. The zero-order valence-corrected chi connectivity index (χ0v) is 13.4. The fourth-order valence-corrected chi connectivity index (χ4v) is 3.09. The van der Waals surface area contributed by atoms with Crippen LogP contribution in [-0.4, -0.2) is 57.9 Å². The number of ether oxygens (including phenoxy) is 1. The fourth-order valence-electron chi connectivity index (χ4n) is 3.09. The molecule has 3 rings (SSSR count). The number of likely N-dealkylation sites (N-methyl/N-ethyl adjacent to an activating group) is 1. The van der Waals surface area contributed by atoms with Gasteiger partial charge in [-0.25, -0.2) is 0 Å². The summed E-state index contributed by atoms with van der Waals surface area (Å²) in [5.41, 5.74) is 0. The molecule has 22 heavy (non-hydrogen) atoms. The number of carbonyl (C=O) groups excluding carboxylic acids is 1. The first-order valence-corrected chi connectivity index (χ1v) is 8.18. The molecule has 0 bridgehead atoms. The third kappa shape index (κ3) is 3.01. The Balaban J connectivity index is 1.57. The van der Waals surface area contributed by atoms with Gasteiger partial charge in [0.05, 0.1) is 19.8 Å². The zero-order chi connectivity index (χ0) is 15.5. The molecule has 2 aliphatic rings. The molecule has 1 saturated carbocycles. The van der Waals surface area contributed by atoms with Crippen molar-refractivity contribution in [1.29, 1.82) is 0 Å². The Morgan fingerprint density at radius 3 is 2.91 bits per heavy atom. The third-order valence-corrected chi connectivity index (χ3v) is 4.84. The minimum atomic E-state index is -0.196. The average Bonchev–Trinajstić information content (AvgIpc) is 2.84. The molecule has 0 spiro atoms. The van der Waals surface area contributed by atoms with Gasteiger partial charge in [0.2, 0.25) is 5.91 Å². The van der Waals surface area contributed by atoms with Crippen molar-refractivity contribution >= 4 is 5.91 Å². The molecule has 0 aromatic carbocycles. The van der Waals surface area contributed by atoms with E-state index < -0.39 is 0 Å². The Bertz CT molecular complexity index is 526. The van der Waals surface area contributed by atoms with Crippen LogP contribution in [0, 0.1) is 0 Å². The molecule has 2 heterocycles. The van der Waals surface area contributed by atoms with Gasteiger partial charge < -0.3 is 14.6 Å². The summed E-state index contributed by atoms with van der Waals surface area (Å²) in [5.74, 6) is 2.42. The van der Waals surface area contributed by atoms with Gasteiger partial charge in [0.15, 0.2) is 5.82 Å². The number of amides is 1. The largest absolute Gasteiger partial charge is 0.378 e. The van der Waals surface area contributed by atoms with E-state index in [-0.39, 0.29) is 11.9 Å². The lowest BCUT2D eigenvalue weighted by Gasteiger charge is -2.33. The SMILES string of the molecule is CCN1CCOCC1C(=O)NCc1nnc(C2CCC2)n1C. The molecule has 7 heteroatoms. The zero-order valence-electron chi connectivity index (χ0n) is 13.4. The van der Waals surface area contributed by atoms with Crippen molar-refractivity contribution in [3.63, 3.8) is 0 Å². The smallest absolute Gasteiger partial charge is 0.240 e. The lowest BCUT2D eigenvalue weighted by atomic mass is 9.85. The number of hydrogen-bond donors (Lipinski definition) is 1. The number of aromatic nitrogens is 3. The van der Waals surface area contributed by atoms with Crippen molar-refractivity contribution < 1.29 is 9.53 Å². The second-order valence-electron chi connectivity index (χ2n) is 6.10. The Labute approximate surface area is 131 Å². The van der Waals surface area contributed by atoms with Gasteiger partial charge in [-0.2, -0.15) is 0 Å². The topological polar surface area (TPSA) is 72.3 Å². The summed E-state index contributed by atoms with van der Waals surface area (Å²) in [7, 11) is 1.98. The highest BCUT2D eigenvalue weighted by Gasteiger charge is 2.29. The van der Waals surface area contributed by atoms with Crippen LogP contribution < -0.4 is 5.32 Å². The monoisotopic (exact) mass is 307 g/mol. The number of morpholine rings is 1. The standard InChI is InChI=1S/C15H25N5O2/c1-3-20-7-8-22-10-12(20)15(21)16-9-13-17-18-14(19(13)2)11-5-4-6-11/h11-12H,3-10H2,1-2H3,(H,16,21). The van der Waals surface area contributed by atoms with Crippen LogP contribution in [0.15, 0.2) is 0 Å². The Kier molecular flexibility index (Phi) is 4.73. The lowest BCUT2D eigenvalue weighted by Crippen LogP contribution is -2.53. The van der Waals surface area contributed by atoms with Crippen LogP contribution in [-0.2, 0) is 23.1 Å². The summed E-state index contributed by atoms with van der Waals surface area (Å²) in [6, 6.07) is -0.196. The molecule has 1 N–H and O–H groups in total. The lowest BCUT2D eigenvalue weighted by molar-refractivity contribution is -0.132. The predicted molar refractivity (Wildman–Crippen MR) is 81.3 cm³/mol. The number of nitrogens with zero attached hydrogens (tertiary/aromatic N) is 4. The average molecular weight is 307 g/mol. The van der Waals surface area contributed by atoms with Gasteiger partial charge in [-0.05, 0) is 19.4 Å². The van der Waals surface area contributed by atoms with E-state index in [1.807, 2.05) is 11.6 Å². The summed E-state index contributed by atoms with van der Waals surface area (Å²) < 4.78 is 7.46. The molecule has 1 amide bonds. The van der Waals surface area contributed by atoms with Gasteiger partial charge in [0, 0.05) is 19.5 Å². The van der Waals surface area contributed by atoms with Crippen molar-refractivity contribution in [3.8, 4) is 0 Å². The fraction of sp³-hybridized carbons (Fsp3) is 0.800. The van der Waals surface area contributed by atoms with Crippen molar-refractivity contribution in [3.05, 3.63) is 11.6 Å². The highest BCUT2D eigenvalue weighted by atomic mass is 16.5. The molecule has 0 radical (unpaired) electrons. The second-order valence-corrected chi connectivity index (χ2v) is 6.10. The highest BCUT2D eigenvalue weighted by Crippen LogP contribution is 2.35. The first kappa shape index (κ1) is 15.4. The third-order valence-electron chi connectivity index (χ3n) is 4.84. The van der Waals surface area contributed by atoms with Gasteiger partial charge in [0.25, 0.3) is 0 Å². The molecule has 2 fully saturated rings. The molecular formula is C15H25N5O2. The maximum atomic E-state index is 12.4. The molecule has 1 atom stereocenters. The van der Waals surface area contributed by atoms with Crippen LogP contribution >= 0.6 is 0 Å². The first-order valence-electron chi connectivity index (χ1n) is 8.18. The van der Waals surface area contributed by atoms with Crippen LogP contribution in [0.2, 0.25) is 0 Å². The molecule has 122 valence electrons. The summed E-state index contributed by atoms with van der Waals surface area (Å²) in [6.45, 7) is 5.32. The van der Waals surface area contributed by atoms with Gasteiger partial charge in [-0.15, -0.1) is 10.2 Å². The number of carbonyl (C=O) groups is 1. The Hall–Kier alpha value is -1.47. The van der Waals surface area contributed by atoms with Crippen LogP contribution in [0.25, 0.3) is 0 Å². The van der Waals surface area contributed by atoms with E-state index in [2.05, 4.69) is 27.3 Å². The van der Waals surface area contributed by atoms with Crippen molar-refractivity contribution in [2.24, 2.45) is 7.05 Å². The molecule has 1 aromatic heterocycles. The van der Waals surface area contributed by atoms with Gasteiger partial charge in [-0.1, -0.05) is 13.3 Å². The van der Waals surface area contributed by atoms with E-state index in [9.17, 15) is 4.79 Å². The molecule has 1 unspecified atom stereocenters. The summed E-state index contributed by atoms with van der Waals surface area (Å²) in [5, 5.41) is 11.5. The van der Waals surface area contributed by atoms with E-state index in [1.54, 1.807) is 0 Å².